The van der Waals surface area contributed by atoms with Gasteiger partial charge in [0.15, 0.2) is 11.9 Å². The van der Waals surface area contributed by atoms with Crippen molar-refractivity contribution in [3.05, 3.63) is 28.3 Å². The molecule has 1 unspecified atom stereocenters. The van der Waals surface area contributed by atoms with Crippen molar-refractivity contribution < 1.29 is 22.7 Å². The first kappa shape index (κ1) is 18.5. The van der Waals surface area contributed by atoms with Crippen LogP contribution in [0.1, 0.15) is 37.7 Å². The third-order valence-corrected chi connectivity index (χ3v) is 3.69. The summed E-state index contributed by atoms with van der Waals surface area (Å²) >= 11 is 6.06. The lowest BCUT2D eigenvalue weighted by molar-refractivity contribution is -0.149. The lowest BCUT2D eigenvalue weighted by atomic mass is 10.0. The Labute approximate surface area is 131 Å². The molecule has 22 heavy (non-hydrogen) atoms. The van der Waals surface area contributed by atoms with E-state index in [1.54, 1.807) is 27.7 Å². The molecule has 0 radical (unpaired) electrons. The fourth-order valence-electron chi connectivity index (χ4n) is 1.99. The highest BCUT2D eigenvalue weighted by atomic mass is 35.5. The van der Waals surface area contributed by atoms with Crippen molar-refractivity contribution >= 4 is 17.6 Å². The molecule has 1 atom stereocenters. The predicted molar refractivity (Wildman–Crippen MR) is 76.5 cm³/mol. The molecule has 0 aliphatic carbocycles. The summed E-state index contributed by atoms with van der Waals surface area (Å²) in [6, 6.07) is -0.756. The average molecular weight is 339 g/mol. The Hall–Kier alpha value is -1.50. The van der Waals surface area contributed by atoms with E-state index in [-0.39, 0.29) is 5.92 Å². The number of esters is 1. The lowest BCUT2D eigenvalue weighted by Crippen LogP contribution is -2.28. The maximum absolute atomic E-state index is 12.7. The smallest absolute Gasteiger partial charge is 0.331 e. The Morgan fingerprint density at radius 2 is 1.91 bits per heavy atom. The summed E-state index contributed by atoms with van der Waals surface area (Å²) in [6.07, 6.45) is -3.06. The fraction of sp³-hybridized carbons (Fsp3) is 0.571. The summed E-state index contributed by atoms with van der Waals surface area (Å²) in [7, 11) is 0. The number of ether oxygens (including phenoxy) is 1. The van der Waals surface area contributed by atoms with Crippen molar-refractivity contribution in [2.24, 2.45) is 5.92 Å². The van der Waals surface area contributed by atoms with Gasteiger partial charge in [-0.1, -0.05) is 25.4 Å². The van der Waals surface area contributed by atoms with Crippen LogP contribution in [0, 0.1) is 19.8 Å². The second kappa shape index (κ2) is 7.67. The minimum atomic E-state index is -2.40. The summed E-state index contributed by atoms with van der Waals surface area (Å²) in [5.74, 6) is -2.41. The number of aromatic nitrogens is 2. The number of halogens is 4. The molecule has 0 spiro atoms. The van der Waals surface area contributed by atoms with Crippen LogP contribution in [0.5, 0.6) is 0 Å². The largest absolute Gasteiger partial charge is 0.464 e. The number of aryl methyl sites for hydroxylation is 1. The highest BCUT2D eigenvalue weighted by molar-refractivity contribution is 6.31. The number of carbonyl (C=O) groups is 1. The van der Waals surface area contributed by atoms with Gasteiger partial charge < -0.3 is 4.74 Å². The Morgan fingerprint density at radius 3 is 2.32 bits per heavy atom. The van der Waals surface area contributed by atoms with Gasteiger partial charge in [0.2, 0.25) is 0 Å². The van der Waals surface area contributed by atoms with Gasteiger partial charge in [0.05, 0.1) is 23.0 Å². The lowest BCUT2D eigenvalue weighted by Gasteiger charge is -2.21. The predicted octanol–water partition coefficient (Wildman–Crippen LogP) is 4.36. The van der Waals surface area contributed by atoms with Gasteiger partial charge in [-0.05, 0) is 19.8 Å². The highest BCUT2D eigenvalue weighted by Gasteiger charge is 2.29. The first-order valence-electron chi connectivity index (χ1n) is 6.74. The molecule has 4 nitrogen and oxygen atoms in total. The minimum absolute atomic E-state index is 0.167. The molecule has 1 rings (SSSR count). The van der Waals surface area contributed by atoms with Crippen LogP contribution in [-0.2, 0) is 9.53 Å². The standard InChI is InChI=1S/C14H18ClF3N2O2/c1-7(2)12(20-9(4)11(15)8(3)19-20)14(21)22-6-5-10(16)13(17)18/h7,12H,5-6H2,1-4H3. The van der Waals surface area contributed by atoms with Gasteiger partial charge in [0.25, 0.3) is 0 Å². The third kappa shape index (κ3) is 4.25. The quantitative estimate of drug-likeness (QED) is 0.724. The second-order valence-corrected chi connectivity index (χ2v) is 5.58. The molecule has 0 aliphatic rings. The van der Waals surface area contributed by atoms with Crippen molar-refractivity contribution in [3.8, 4) is 0 Å². The van der Waals surface area contributed by atoms with E-state index in [1.165, 1.54) is 4.68 Å². The van der Waals surface area contributed by atoms with Crippen LogP contribution in [0.25, 0.3) is 0 Å². The van der Waals surface area contributed by atoms with E-state index >= 15 is 0 Å². The zero-order chi connectivity index (χ0) is 17.0. The third-order valence-electron chi connectivity index (χ3n) is 3.14. The average Bonchev–Trinajstić information content (AvgIpc) is 2.66. The highest BCUT2D eigenvalue weighted by Crippen LogP contribution is 2.27. The number of carbonyl (C=O) groups excluding carboxylic acids is 1. The van der Waals surface area contributed by atoms with E-state index in [0.29, 0.717) is 16.4 Å². The maximum atomic E-state index is 12.7. The molecule has 1 aromatic rings. The molecule has 0 aliphatic heterocycles. The van der Waals surface area contributed by atoms with Crippen LogP contribution < -0.4 is 0 Å². The number of nitrogens with zero attached hydrogens (tertiary/aromatic N) is 2. The molecule has 0 amide bonds. The molecule has 0 bridgehead atoms. The Morgan fingerprint density at radius 1 is 1.32 bits per heavy atom. The van der Waals surface area contributed by atoms with Crippen molar-refractivity contribution in [3.63, 3.8) is 0 Å². The number of rotatable bonds is 6. The molecule has 8 heteroatoms. The number of hydrogen-bond acceptors (Lipinski definition) is 3. The number of hydrogen-bond donors (Lipinski definition) is 0. The topological polar surface area (TPSA) is 44.1 Å². The van der Waals surface area contributed by atoms with Crippen molar-refractivity contribution in [1.82, 2.24) is 9.78 Å². The first-order chi connectivity index (χ1) is 10.2. The van der Waals surface area contributed by atoms with E-state index < -0.39 is 36.9 Å². The Bertz CT molecular complexity index is 581. The summed E-state index contributed by atoms with van der Waals surface area (Å²) in [5.41, 5.74) is 1.18. The van der Waals surface area contributed by atoms with E-state index in [0.717, 1.165) is 0 Å². The molecule has 1 aromatic heterocycles. The van der Waals surface area contributed by atoms with Crippen molar-refractivity contribution in [1.29, 1.82) is 0 Å². The summed E-state index contributed by atoms with van der Waals surface area (Å²) in [6.45, 7) is 6.54. The van der Waals surface area contributed by atoms with Gasteiger partial charge in [-0.25, -0.2) is 9.18 Å². The SMILES string of the molecule is Cc1nn(C(C(=O)OCCC(F)=C(F)F)C(C)C)c(C)c1Cl. The molecule has 1 heterocycles. The fourth-order valence-corrected chi connectivity index (χ4v) is 2.11. The van der Waals surface area contributed by atoms with Gasteiger partial charge in [-0.3, -0.25) is 4.68 Å². The normalized spacial score (nSPS) is 12.4. The van der Waals surface area contributed by atoms with Crippen LogP contribution in [0.4, 0.5) is 13.2 Å². The molecular formula is C14H18ClF3N2O2. The molecule has 0 saturated heterocycles. The van der Waals surface area contributed by atoms with Crippen molar-refractivity contribution in [2.75, 3.05) is 6.61 Å². The van der Waals surface area contributed by atoms with Crippen LogP contribution in [0.3, 0.4) is 0 Å². The molecule has 0 N–H and O–H groups in total. The van der Waals surface area contributed by atoms with Gasteiger partial charge in [0, 0.05) is 6.42 Å². The van der Waals surface area contributed by atoms with Crippen LogP contribution >= 0.6 is 11.6 Å². The van der Waals surface area contributed by atoms with Crippen LogP contribution in [-0.4, -0.2) is 22.4 Å². The summed E-state index contributed by atoms with van der Waals surface area (Å²) < 4.78 is 42.9. The van der Waals surface area contributed by atoms with E-state index in [1.807, 2.05) is 0 Å². The van der Waals surface area contributed by atoms with E-state index in [9.17, 15) is 18.0 Å². The summed E-state index contributed by atoms with van der Waals surface area (Å²) in [4.78, 5) is 12.2. The minimum Gasteiger partial charge on any atom is -0.464 e. The maximum Gasteiger partial charge on any atom is 0.331 e. The molecule has 124 valence electrons. The first-order valence-corrected chi connectivity index (χ1v) is 7.12. The molecule has 0 fully saturated rings. The monoisotopic (exact) mass is 338 g/mol. The van der Waals surface area contributed by atoms with Gasteiger partial charge >= 0.3 is 12.0 Å². The molecule has 0 saturated carbocycles. The van der Waals surface area contributed by atoms with Gasteiger partial charge in [0.1, 0.15) is 0 Å². The second-order valence-electron chi connectivity index (χ2n) is 5.20. The van der Waals surface area contributed by atoms with Gasteiger partial charge in [-0.15, -0.1) is 0 Å². The molecule has 0 aromatic carbocycles. The van der Waals surface area contributed by atoms with Crippen LogP contribution in [0.2, 0.25) is 5.02 Å². The zero-order valence-electron chi connectivity index (χ0n) is 12.8. The van der Waals surface area contributed by atoms with Crippen LogP contribution in [0.15, 0.2) is 11.9 Å². The summed E-state index contributed by atoms with van der Waals surface area (Å²) in [5, 5.41) is 4.66. The van der Waals surface area contributed by atoms with Crippen molar-refractivity contribution in [2.45, 2.75) is 40.2 Å². The Balaban J connectivity index is 2.86. The van der Waals surface area contributed by atoms with E-state index in [2.05, 4.69) is 5.10 Å². The Kier molecular flexibility index (Phi) is 6.47. The van der Waals surface area contributed by atoms with Gasteiger partial charge in [-0.2, -0.15) is 13.9 Å². The molecular weight excluding hydrogens is 321 g/mol. The zero-order valence-corrected chi connectivity index (χ0v) is 13.5. The van der Waals surface area contributed by atoms with E-state index in [4.69, 9.17) is 16.3 Å².